The van der Waals surface area contributed by atoms with Crippen molar-refractivity contribution in [3.05, 3.63) is 63.2 Å². The van der Waals surface area contributed by atoms with Crippen LogP contribution in [0.2, 0.25) is 5.02 Å². The number of nitrogens with two attached hydrogens (primary N) is 1. The summed E-state index contributed by atoms with van der Waals surface area (Å²) in [5.41, 5.74) is 3.42. The van der Waals surface area contributed by atoms with Gasteiger partial charge < -0.3 is 0 Å². The summed E-state index contributed by atoms with van der Waals surface area (Å²) in [5, 5.41) is 20.7. The smallest absolute Gasteiger partial charge is 0.271 e. The number of hydrogen-bond donors (Lipinski definition) is 2. The summed E-state index contributed by atoms with van der Waals surface area (Å²) in [6, 6.07) is 10.2. The average molecular weight is 369 g/mol. The molecule has 24 heavy (non-hydrogen) atoms. The van der Waals surface area contributed by atoms with Crippen molar-refractivity contribution in [1.82, 2.24) is 0 Å². The van der Waals surface area contributed by atoms with Gasteiger partial charge >= 0.3 is 0 Å². The molecule has 0 heterocycles. The standard InChI is InChI=1S/C14H13ClN4O4S/c1-9(10-3-2-4-11(15)7-10)17-18-13-6-5-12(24(16,22)23)8-14(13)19(20)21/h2-8,18H,1H3,(H2,16,22,23). The fourth-order valence-corrected chi connectivity index (χ4v) is 2.58. The number of hydrazone groups is 1. The molecule has 2 aromatic carbocycles. The second-order valence-corrected chi connectivity index (χ2v) is 6.80. The molecular formula is C14H13ClN4O4S. The minimum Gasteiger partial charge on any atom is -0.271 e. The molecule has 0 aliphatic carbocycles. The van der Waals surface area contributed by atoms with Crippen molar-refractivity contribution < 1.29 is 13.3 Å². The molecule has 0 atom stereocenters. The van der Waals surface area contributed by atoms with E-state index in [-0.39, 0.29) is 10.6 Å². The predicted molar refractivity (Wildman–Crippen MR) is 91.8 cm³/mol. The number of benzene rings is 2. The first-order chi connectivity index (χ1) is 11.2. The second-order valence-electron chi connectivity index (χ2n) is 4.80. The van der Waals surface area contributed by atoms with Crippen LogP contribution in [-0.2, 0) is 10.0 Å². The highest BCUT2D eigenvalue weighted by molar-refractivity contribution is 7.89. The Morgan fingerprint density at radius 3 is 2.58 bits per heavy atom. The first-order valence-corrected chi connectivity index (χ1v) is 8.48. The Morgan fingerprint density at radius 1 is 1.29 bits per heavy atom. The Hall–Kier alpha value is -2.49. The SMILES string of the molecule is CC(=NNc1ccc(S(N)(=O)=O)cc1[N+](=O)[O-])c1cccc(Cl)c1. The Morgan fingerprint density at radius 2 is 2.00 bits per heavy atom. The van der Waals surface area contributed by atoms with Gasteiger partial charge in [0.2, 0.25) is 10.0 Å². The molecular weight excluding hydrogens is 356 g/mol. The van der Waals surface area contributed by atoms with Crippen molar-refractivity contribution in [3.63, 3.8) is 0 Å². The lowest BCUT2D eigenvalue weighted by molar-refractivity contribution is -0.384. The maximum absolute atomic E-state index is 11.3. The number of halogens is 1. The van der Waals surface area contributed by atoms with E-state index in [4.69, 9.17) is 16.7 Å². The van der Waals surface area contributed by atoms with E-state index in [1.807, 2.05) is 0 Å². The molecule has 0 spiro atoms. The molecule has 0 aliphatic rings. The third-order valence-corrected chi connectivity index (χ3v) is 4.23. The van der Waals surface area contributed by atoms with Crippen LogP contribution in [0.5, 0.6) is 0 Å². The molecule has 0 aliphatic heterocycles. The van der Waals surface area contributed by atoms with Gasteiger partial charge in [0.25, 0.3) is 5.69 Å². The molecule has 0 radical (unpaired) electrons. The van der Waals surface area contributed by atoms with Gasteiger partial charge in [0.15, 0.2) is 0 Å². The van der Waals surface area contributed by atoms with Gasteiger partial charge in [-0.2, -0.15) is 5.10 Å². The van der Waals surface area contributed by atoms with Crippen LogP contribution in [0.15, 0.2) is 52.5 Å². The van der Waals surface area contributed by atoms with Crippen LogP contribution in [0.25, 0.3) is 0 Å². The van der Waals surface area contributed by atoms with E-state index in [1.54, 1.807) is 31.2 Å². The fraction of sp³-hybridized carbons (Fsp3) is 0.0714. The topological polar surface area (TPSA) is 128 Å². The van der Waals surface area contributed by atoms with E-state index in [0.717, 1.165) is 17.7 Å². The Bertz CT molecular complexity index is 928. The van der Waals surface area contributed by atoms with E-state index in [9.17, 15) is 18.5 Å². The second kappa shape index (κ2) is 6.95. The lowest BCUT2D eigenvalue weighted by Gasteiger charge is -2.06. The minimum atomic E-state index is -4.04. The molecule has 0 unspecified atom stereocenters. The predicted octanol–water partition coefficient (Wildman–Crippen LogP) is 2.73. The van der Waals surface area contributed by atoms with Gasteiger partial charge in [0.1, 0.15) is 5.69 Å². The van der Waals surface area contributed by atoms with Crippen molar-refractivity contribution in [3.8, 4) is 0 Å². The molecule has 3 N–H and O–H groups in total. The van der Waals surface area contributed by atoms with Crippen molar-refractivity contribution in [2.75, 3.05) is 5.43 Å². The number of nitrogens with one attached hydrogen (secondary N) is 1. The number of hydrogen-bond acceptors (Lipinski definition) is 6. The summed E-state index contributed by atoms with van der Waals surface area (Å²) in [7, 11) is -4.04. The maximum Gasteiger partial charge on any atom is 0.295 e. The number of anilines is 1. The molecule has 2 aromatic rings. The number of nitro groups is 1. The number of primary sulfonamides is 1. The number of rotatable bonds is 5. The van der Waals surface area contributed by atoms with Crippen molar-refractivity contribution >= 4 is 38.7 Å². The van der Waals surface area contributed by atoms with Crippen LogP contribution < -0.4 is 10.6 Å². The summed E-state index contributed by atoms with van der Waals surface area (Å²) < 4.78 is 22.6. The van der Waals surface area contributed by atoms with Crippen LogP contribution in [0.4, 0.5) is 11.4 Å². The highest BCUT2D eigenvalue weighted by Gasteiger charge is 2.19. The van der Waals surface area contributed by atoms with Crippen LogP contribution in [0.3, 0.4) is 0 Å². The van der Waals surface area contributed by atoms with Crippen molar-refractivity contribution in [1.29, 1.82) is 0 Å². The van der Waals surface area contributed by atoms with Gasteiger partial charge in [-0.05, 0) is 36.8 Å². The largest absolute Gasteiger partial charge is 0.295 e. The maximum atomic E-state index is 11.3. The molecule has 0 saturated heterocycles. The Kier molecular flexibility index (Phi) is 5.17. The van der Waals surface area contributed by atoms with E-state index >= 15 is 0 Å². The molecule has 0 bridgehead atoms. The molecule has 0 fully saturated rings. The van der Waals surface area contributed by atoms with E-state index in [2.05, 4.69) is 10.5 Å². The first kappa shape index (κ1) is 17.9. The summed E-state index contributed by atoms with van der Waals surface area (Å²) >= 11 is 5.90. The highest BCUT2D eigenvalue weighted by Crippen LogP contribution is 2.27. The quantitative estimate of drug-likeness (QED) is 0.476. The summed E-state index contributed by atoms with van der Waals surface area (Å²) in [6.45, 7) is 1.70. The van der Waals surface area contributed by atoms with E-state index in [0.29, 0.717) is 10.7 Å². The minimum absolute atomic E-state index is 0.0359. The van der Waals surface area contributed by atoms with Gasteiger partial charge in [0, 0.05) is 11.1 Å². The monoisotopic (exact) mass is 368 g/mol. The van der Waals surface area contributed by atoms with Crippen LogP contribution in [0.1, 0.15) is 12.5 Å². The van der Waals surface area contributed by atoms with Crippen LogP contribution in [-0.4, -0.2) is 19.1 Å². The van der Waals surface area contributed by atoms with Gasteiger partial charge in [-0.15, -0.1) is 0 Å². The number of sulfonamides is 1. The van der Waals surface area contributed by atoms with Crippen molar-refractivity contribution in [2.45, 2.75) is 11.8 Å². The molecule has 0 aromatic heterocycles. The highest BCUT2D eigenvalue weighted by atomic mass is 35.5. The Balaban J connectivity index is 2.36. The van der Waals surface area contributed by atoms with Gasteiger partial charge in [0.05, 0.1) is 15.5 Å². The third kappa shape index (κ3) is 4.28. The van der Waals surface area contributed by atoms with Gasteiger partial charge in [-0.3, -0.25) is 15.5 Å². The molecule has 0 saturated carbocycles. The van der Waals surface area contributed by atoms with Gasteiger partial charge in [-0.25, -0.2) is 13.6 Å². The van der Waals surface area contributed by atoms with E-state index < -0.39 is 20.6 Å². The molecule has 8 nitrogen and oxygen atoms in total. The third-order valence-electron chi connectivity index (χ3n) is 3.08. The molecule has 10 heteroatoms. The van der Waals surface area contributed by atoms with Gasteiger partial charge in [-0.1, -0.05) is 23.7 Å². The molecule has 0 amide bonds. The Labute approximate surface area is 143 Å². The zero-order valence-electron chi connectivity index (χ0n) is 12.4. The lowest BCUT2D eigenvalue weighted by Crippen LogP contribution is -2.12. The number of nitro benzene ring substituents is 1. The zero-order valence-corrected chi connectivity index (χ0v) is 14.0. The summed E-state index contributed by atoms with van der Waals surface area (Å²) in [4.78, 5) is 10.1. The lowest BCUT2D eigenvalue weighted by atomic mass is 10.1. The van der Waals surface area contributed by atoms with Crippen LogP contribution >= 0.6 is 11.6 Å². The van der Waals surface area contributed by atoms with Crippen LogP contribution in [0, 0.1) is 10.1 Å². The normalized spacial score (nSPS) is 12.0. The average Bonchev–Trinajstić information content (AvgIpc) is 2.51. The molecule has 126 valence electrons. The first-order valence-electron chi connectivity index (χ1n) is 6.56. The molecule has 2 rings (SSSR count). The van der Waals surface area contributed by atoms with E-state index in [1.165, 1.54) is 6.07 Å². The number of nitrogens with zero attached hydrogens (tertiary/aromatic N) is 2. The fourth-order valence-electron chi connectivity index (χ4n) is 1.86. The summed E-state index contributed by atoms with van der Waals surface area (Å²) in [5.74, 6) is 0. The zero-order chi connectivity index (χ0) is 17.9. The van der Waals surface area contributed by atoms with Crippen molar-refractivity contribution in [2.24, 2.45) is 10.2 Å². The summed E-state index contributed by atoms with van der Waals surface area (Å²) in [6.07, 6.45) is 0.